The first-order chi connectivity index (χ1) is 10.0. The number of carbonyl (C=O) groups excluding carboxylic acids is 1. The largest absolute Gasteiger partial charge is 0.323 e. The molecule has 1 aromatic carbocycles. The minimum Gasteiger partial charge on any atom is -0.323 e. The predicted molar refractivity (Wildman–Crippen MR) is 87.3 cm³/mol. The van der Waals surface area contributed by atoms with E-state index in [0.717, 1.165) is 28.8 Å². The number of nitrogens with one attached hydrogen (secondary N) is 1. The summed E-state index contributed by atoms with van der Waals surface area (Å²) in [5.41, 5.74) is 1.71. The average molecular weight is 351 g/mol. The maximum absolute atomic E-state index is 12.0. The van der Waals surface area contributed by atoms with Crippen LogP contribution in [-0.4, -0.2) is 41.2 Å². The van der Waals surface area contributed by atoms with Gasteiger partial charge in [0, 0.05) is 17.2 Å². The van der Waals surface area contributed by atoms with E-state index in [0.29, 0.717) is 6.42 Å². The van der Waals surface area contributed by atoms with Gasteiger partial charge in [0.25, 0.3) is 0 Å². The van der Waals surface area contributed by atoms with E-state index in [-0.39, 0.29) is 5.91 Å². The Bertz CT molecular complexity index is 592. The minimum atomic E-state index is -0.0375. The molecule has 0 bridgehead atoms. The molecule has 1 N–H and O–H groups in total. The first-order valence-corrected chi connectivity index (χ1v) is 7.54. The third-order valence-electron chi connectivity index (χ3n) is 2.97. The molecule has 6 heteroatoms. The van der Waals surface area contributed by atoms with Crippen molar-refractivity contribution in [1.29, 1.82) is 0 Å². The number of amides is 1. The van der Waals surface area contributed by atoms with Crippen LogP contribution in [0.15, 0.2) is 41.1 Å². The SMILES string of the molecule is CN(C)CCn1cc(NC(=O)Cc2ccc(Br)cc2)cn1. The molecule has 2 aromatic rings. The molecule has 0 spiro atoms. The molecule has 0 unspecified atom stereocenters. The van der Waals surface area contributed by atoms with Gasteiger partial charge in [-0.25, -0.2) is 0 Å². The zero-order valence-electron chi connectivity index (χ0n) is 12.2. The minimum absolute atomic E-state index is 0.0375. The fraction of sp³-hybridized carbons (Fsp3) is 0.333. The van der Waals surface area contributed by atoms with Crippen LogP contribution in [0.5, 0.6) is 0 Å². The summed E-state index contributed by atoms with van der Waals surface area (Å²) in [6, 6.07) is 7.73. The molecule has 0 aliphatic rings. The molecule has 2 rings (SSSR count). The molecule has 1 amide bonds. The number of rotatable bonds is 6. The highest BCUT2D eigenvalue weighted by Gasteiger charge is 2.06. The Labute approximate surface area is 133 Å². The molecule has 5 nitrogen and oxygen atoms in total. The van der Waals surface area contributed by atoms with Crippen molar-refractivity contribution in [3.8, 4) is 0 Å². The van der Waals surface area contributed by atoms with Gasteiger partial charge < -0.3 is 10.2 Å². The third kappa shape index (κ3) is 5.32. The summed E-state index contributed by atoms with van der Waals surface area (Å²) in [6.07, 6.45) is 3.88. The molecule has 21 heavy (non-hydrogen) atoms. The maximum Gasteiger partial charge on any atom is 0.228 e. The van der Waals surface area contributed by atoms with Crippen molar-refractivity contribution < 1.29 is 4.79 Å². The Hall–Kier alpha value is -1.66. The number of nitrogens with zero attached hydrogens (tertiary/aromatic N) is 3. The number of hydrogen-bond acceptors (Lipinski definition) is 3. The van der Waals surface area contributed by atoms with Gasteiger partial charge in [-0.1, -0.05) is 28.1 Å². The highest BCUT2D eigenvalue weighted by Crippen LogP contribution is 2.12. The Balaban J connectivity index is 1.86. The van der Waals surface area contributed by atoms with E-state index >= 15 is 0 Å². The van der Waals surface area contributed by atoms with Gasteiger partial charge in [0.15, 0.2) is 0 Å². The van der Waals surface area contributed by atoms with Gasteiger partial charge in [0.2, 0.25) is 5.91 Å². The second-order valence-electron chi connectivity index (χ2n) is 5.15. The van der Waals surface area contributed by atoms with Crippen LogP contribution in [0.2, 0.25) is 0 Å². The van der Waals surface area contributed by atoms with Crippen LogP contribution in [0.4, 0.5) is 5.69 Å². The fourth-order valence-corrected chi connectivity index (χ4v) is 2.11. The summed E-state index contributed by atoms with van der Waals surface area (Å²) in [5, 5.41) is 7.09. The second-order valence-corrected chi connectivity index (χ2v) is 6.06. The van der Waals surface area contributed by atoms with Crippen LogP contribution in [0.1, 0.15) is 5.56 Å². The fourth-order valence-electron chi connectivity index (χ4n) is 1.85. The first kappa shape index (κ1) is 15.7. The molecule has 0 aliphatic carbocycles. The lowest BCUT2D eigenvalue weighted by atomic mass is 10.1. The van der Waals surface area contributed by atoms with Gasteiger partial charge in [-0.05, 0) is 31.8 Å². The van der Waals surface area contributed by atoms with Crippen molar-refractivity contribution in [2.45, 2.75) is 13.0 Å². The number of carbonyl (C=O) groups is 1. The normalized spacial score (nSPS) is 10.9. The van der Waals surface area contributed by atoms with Crippen molar-refractivity contribution in [3.05, 3.63) is 46.7 Å². The van der Waals surface area contributed by atoms with E-state index in [1.807, 2.05) is 49.2 Å². The Kier molecular flexibility index (Phi) is 5.52. The number of halogens is 1. The van der Waals surface area contributed by atoms with Crippen LogP contribution >= 0.6 is 15.9 Å². The summed E-state index contributed by atoms with van der Waals surface area (Å²) in [6.45, 7) is 1.71. The topological polar surface area (TPSA) is 50.2 Å². The first-order valence-electron chi connectivity index (χ1n) is 6.74. The zero-order valence-corrected chi connectivity index (χ0v) is 13.8. The van der Waals surface area contributed by atoms with E-state index in [1.54, 1.807) is 6.20 Å². The Morgan fingerprint density at radius 3 is 2.71 bits per heavy atom. The number of likely N-dealkylation sites (N-methyl/N-ethyl adjacent to an activating group) is 1. The number of aromatic nitrogens is 2. The zero-order chi connectivity index (χ0) is 15.2. The van der Waals surface area contributed by atoms with Crippen molar-refractivity contribution in [3.63, 3.8) is 0 Å². The molecule has 1 heterocycles. The van der Waals surface area contributed by atoms with Gasteiger partial charge in [0.1, 0.15) is 0 Å². The van der Waals surface area contributed by atoms with Crippen LogP contribution in [0, 0.1) is 0 Å². The second kappa shape index (κ2) is 7.38. The van der Waals surface area contributed by atoms with Crippen molar-refractivity contribution >= 4 is 27.5 Å². The van der Waals surface area contributed by atoms with Crippen molar-refractivity contribution in [2.24, 2.45) is 0 Å². The van der Waals surface area contributed by atoms with Gasteiger partial charge in [-0.3, -0.25) is 9.48 Å². The Morgan fingerprint density at radius 2 is 2.05 bits per heavy atom. The number of hydrogen-bond donors (Lipinski definition) is 1. The smallest absolute Gasteiger partial charge is 0.228 e. The lowest BCUT2D eigenvalue weighted by molar-refractivity contribution is -0.115. The number of anilines is 1. The summed E-state index contributed by atoms with van der Waals surface area (Å²) in [5.74, 6) is -0.0375. The molecule has 0 saturated heterocycles. The molecular formula is C15H19BrN4O. The van der Waals surface area contributed by atoms with Crippen molar-refractivity contribution in [1.82, 2.24) is 14.7 Å². The molecule has 112 valence electrons. The van der Waals surface area contributed by atoms with E-state index < -0.39 is 0 Å². The molecule has 1 aromatic heterocycles. The van der Waals surface area contributed by atoms with Crippen LogP contribution < -0.4 is 5.32 Å². The monoisotopic (exact) mass is 350 g/mol. The predicted octanol–water partition coefficient (Wildman–Crippen LogP) is 2.39. The van der Waals surface area contributed by atoms with Gasteiger partial charge in [-0.15, -0.1) is 0 Å². The summed E-state index contributed by atoms with van der Waals surface area (Å²) < 4.78 is 2.84. The molecule has 0 atom stereocenters. The highest BCUT2D eigenvalue weighted by atomic mass is 79.9. The standard InChI is InChI=1S/C15H19BrN4O/c1-19(2)7-8-20-11-14(10-17-20)18-15(21)9-12-3-5-13(16)6-4-12/h3-6,10-11H,7-9H2,1-2H3,(H,18,21). The van der Waals surface area contributed by atoms with Crippen LogP contribution in [0.3, 0.4) is 0 Å². The molecule has 0 radical (unpaired) electrons. The van der Waals surface area contributed by atoms with Crippen molar-refractivity contribution in [2.75, 3.05) is 26.0 Å². The third-order valence-corrected chi connectivity index (χ3v) is 3.50. The summed E-state index contributed by atoms with van der Waals surface area (Å²) >= 11 is 3.38. The van der Waals surface area contributed by atoms with E-state index in [4.69, 9.17) is 0 Å². The quantitative estimate of drug-likeness (QED) is 0.870. The van der Waals surface area contributed by atoms with E-state index in [2.05, 4.69) is 31.2 Å². The van der Waals surface area contributed by atoms with E-state index in [1.165, 1.54) is 0 Å². The summed E-state index contributed by atoms with van der Waals surface area (Å²) in [7, 11) is 4.04. The Morgan fingerprint density at radius 1 is 1.33 bits per heavy atom. The molecular weight excluding hydrogens is 332 g/mol. The van der Waals surface area contributed by atoms with E-state index in [9.17, 15) is 4.79 Å². The maximum atomic E-state index is 12.0. The lowest BCUT2D eigenvalue weighted by Crippen LogP contribution is -2.18. The number of benzene rings is 1. The van der Waals surface area contributed by atoms with Gasteiger partial charge in [0.05, 0.1) is 24.8 Å². The molecule has 0 fully saturated rings. The molecule has 0 aliphatic heterocycles. The lowest BCUT2D eigenvalue weighted by Gasteiger charge is -2.08. The van der Waals surface area contributed by atoms with Gasteiger partial charge in [-0.2, -0.15) is 5.10 Å². The highest BCUT2D eigenvalue weighted by molar-refractivity contribution is 9.10. The molecule has 0 saturated carbocycles. The van der Waals surface area contributed by atoms with Gasteiger partial charge >= 0.3 is 0 Å². The summed E-state index contributed by atoms with van der Waals surface area (Å²) in [4.78, 5) is 14.1. The van der Waals surface area contributed by atoms with Crippen LogP contribution in [0.25, 0.3) is 0 Å². The average Bonchev–Trinajstić information content (AvgIpc) is 2.86. The van der Waals surface area contributed by atoms with Crippen LogP contribution in [-0.2, 0) is 17.8 Å².